The van der Waals surface area contributed by atoms with Gasteiger partial charge in [0.2, 0.25) is 5.89 Å². The summed E-state index contributed by atoms with van der Waals surface area (Å²) < 4.78 is 6.99. The van der Waals surface area contributed by atoms with Gasteiger partial charge in [-0.2, -0.15) is 4.98 Å². The zero-order valence-corrected chi connectivity index (χ0v) is 11.9. The number of amides is 1. The van der Waals surface area contributed by atoms with E-state index in [9.17, 15) is 4.79 Å². The summed E-state index contributed by atoms with van der Waals surface area (Å²) in [5.41, 5.74) is 1.41. The first kappa shape index (κ1) is 13.0. The van der Waals surface area contributed by atoms with Gasteiger partial charge in [0.25, 0.3) is 5.91 Å². The second kappa shape index (κ2) is 5.25. The van der Waals surface area contributed by atoms with Crippen LogP contribution in [-0.2, 0) is 6.42 Å². The van der Waals surface area contributed by atoms with Gasteiger partial charge in [-0.1, -0.05) is 5.16 Å². The van der Waals surface area contributed by atoms with Gasteiger partial charge in [-0.15, -0.1) is 0 Å². The Morgan fingerprint density at radius 2 is 2.32 bits per heavy atom. The first-order valence-electron chi connectivity index (χ1n) is 7.33. The molecule has 0 aliphatic heterocycles. The Morgan fingerprint density at radius 3 is 3.18 bits per heavy atom. The largest absolute Gasteiger partial charge is 0.351 e. The van der Waals surface area contributed by atoms with E-state index >= 15 is 0 Å². The Kier molecular flexibility index (Phi) is 3.10. The van der Waals surface area contributed by atoms with Crippen LogP contribution in [0.4, 0.5) is 0 Å². The number of carbonyl (C=O) groups excluding carboxylic acids is 1. The first-order valence-corrected chi connectivity index (χ1v) is 7.33. The maximum atomic E-state index is 12.1. The van der Waals surface area contributed by atoms with E-state index in [0.717, 1.165) is 24.3 Å². The standard InChI is InChI=1S/C15H15N5O2/c21-15(11-3-4-12-16-7-8-20(12)9-11)17-6-5-13-18-14(19-22-13)10-1-2-10/h3-4,7-10H,1-2,5-6H2,(H,17,21). The van der Waals surface area contributed by atoms with E-state index in [1.807, 2.05) is 16.7 Å². The summed E-state index contributed by atoms with van der Waals surface area (Å²) in [5, 5.41) is 6.81. The number of hydrogen-bond donors (Lipinski definition) is 1. The van der Waals surface area contributed by atoms with Crippen LogP contribution < -0.4 is 5.32 Å². The maximum Gasteiger partial charge on any atom is 0.252 e. The Balaban J connectivity index is 1.34. The van der Waals surface area contributed by atoms with E-state index in [2.05, 4.69) is 20.4 Å². The smallest absolute Gasteiger partial charge is 0.252 e. The monoisotopic (exact) mass is 297 g/mol. The van der Waals surface area contributed by atoms with E-state index < -0.39 is 0 Å². The van der Waals surface area contributed by atoms with Gasteiger partial charge in [0.05, 0.1) is 5.56 Å². The van der Waals surface area contributed by atoms with Crippen molar-refractivity contribution in [3.8, 4) is 0 Å². The van der Waals surface area contributed by atoms with Crippen molar-refractivity contribution in [1.29, 1.82) is 0 Å². The van der Waals surface area contributed by atoms with E-state index in [1.165, 1.54) is 0 Å². The second-order valence-corrected chi connectivity index (χ2v) is 5.44. The highest BCUT2D eigenvalue weighted by atomic mass is 16.5. The molecular formula is C15H15N5O2. The fourth-order valence-electron chi connectivity index (χ4n) is 2.32. The van der Waals surface area contributed by atoms with Gasteiger partial charge in [0.1, 0.15) is 5.65 Å². The highest BCUT2D eigenvalue weighted by Gasteiger charge is 2.28. The van der Waals surface area contributed by atoms with Crippen LogP contribution in [0.25, 0.3) is 5.65 Å². The zero-order valence-electron chi connectivity index (χ0n) is 11.9. The Morgan fingerprint density at radius 1 is 1.41 bits per heavy atom. The predicted octanol–water partition coefficient (Wildman–Crippen LogP) is 1.57. The molecule has 0 saturated heterocycles. The molecule has 7 nitrogen and oxygen atoms in total. The van der Waals surface area contributed by atoms with Crippen molar-refractivity contribution in [2.75, 3.05) is 6.54 Å². The average Bonchev–Trinajstić information content (AvgIpc) is 3.09. The van der Waals surface area contributed by atoms with Crippen LogP contribution >= 0.6 is 0 Å². The van der Waals surface area contributed by atoms with Crippen LogP contribution in [0, 0.1) is 0 Å². The van der Waals surface area contributed by atoms with Crippen molar-refractivity contribution in [3.63, 3.8) is 0 Å². The van der Waals surface area contributed by atoms with Gasteiger partial charge in [-0.05, 0) is 25.0 Å². The number of rotatable bonds is 5. The Hall–Kier alpha value is -2.70. The summed E-state index contributed by atoms with van der Waals surface area (Å²) in [4.78, 5) is 20.6. The molecule has 0 atom stereocenters. The molecule has 0 bridgehead atoms. The summed E-state index contributed by atoms with van der Waals surface area (Å²) in [7, 11) is 0. The topological polar surface area (TPSA) is 85.3 Å². The molecule has 1 N–H and O–H groups in total. The van der Waals surface area contributed by atoms with E-state index in [0.29, 0.717) is 30.3 Å². The minimum Gasteiger partial charge on any atom is -0.351 e. The van der Waals surface area contributed by atoms with E-state index in [-0.39, 0.29) is 5.91 Å². The molecule has 4 rings (SSSR count). The number of nitrogens with one attached hydrogen (secondary N) is 1. The molecule has 1 fully saturated rings. The van der Waals surface area contributed by atoms with Crippen molar-refractivity contribution < 1.29 is 9.32 Å². The number of imidazole rings is 1. The average molecular weight is 297 g/mol. The van der Waals surface area contributed by atoms with Crippen molar-refractivity contribution in [2.45, 2.75) is 25.2 Å². The van der Waals surface area contributed by atoms with E-state index in [1.54, 1.807) is 18.5 Å². The number of hydrogen-bond acceptors (Lipinski definition) is 5. The molecule has 1 amide bonds. The summed E-state index contributed by atoms with van der Waals surface area (Å²) in [6.07, 6.45) is 8.10. The molecule has 1 aliphatic rings. The molecule has 7 heteroatoms. The van der Waals surface area contributed by atoms with Gasteiger partial charge in [0, 0.05) is 37.5 Å². The van der Waals surface area contributed by atoms with Crippen LogP contribution in [0.15, 0.2) is 35.2 Å². The fraction of sp³-hybridized carbons (Fsp3) is 0.333. The molecule has 3 heterocycles. The summed E-state index contributed by atoms with van der Waals surface area (Å²) in [6.45, 7) is 0.465. The number of nitrogens with zero attached hydrogens (tertiary/aromatic N) is 4. The molecule has 0 spiro atoms. The third kappa shape index (κ3) is 2.57. The van der Waals surface area contributed by atoms with Crippen LogP contribution in [0.1, 0.15) is 40.8 Å². The highest BCUT2D eigenvalue weighted by molar-refractivity contribution is 5.94. The summed E-state index contributed by atoms with van der Waals surface area (Å²) in [5.74, 6) is 1.73. The molecule has 112 valence electrons. The van der Waals surface area contributed by atoms with Crippen LogP contribution in [0.5, 0.6) is 0 Å². The van der Waals surface area contributed by atoms with Gasteiger partial charge >= 0.3 is 0 Å². The number of aromatic nitrogens is 4. The lowest BCUT2D eigenvalue weighted by Crippen LogP contribution is -2.26. The molecule has 1 aliphatic carbocycles. The highest BCUT2D eigenvalue weighted by Crippen LogP contribution is 2.38. The normalized spacial score (nSPS) is 14.4. The number of fused-ring (bicyclic) bond motifs is 1. The predicted molar refractivity (Wildman–Crippen MR) is 77.5 cm³/mol. The molecule has 3 aromatic rings. The van der Waals surface area contributed by atoms with Crippen molar-refractivity contribution >= 4 is 11.6 Å². The lowest BCUT2D eigenvalue weighted by molar-refractivity contribution is 0.0953. The van der Waals surface area contributed by atoms with Gasteiger partial charge in [0.15, 0.2) is 5.82 Å². The van der Waals surface area contributed by atoms with Crippen molar-refractivity contribution in [1.82, 2.24) is 24.8 Å². The van der Waals surface area contributed by atoms with Crippen molar-refractivity contribution in [3.05, 3.63) is 48.0 Å². The van der Waals surface area contributed by atoms with Gasteiger partial charge in [-0.25, -0.2) is 4.98 Å². The zero-order chi connectivity index (χ0) is 14.9. The lowest BCUT2D eigenvalue weighted by atomic mass is 10.2. The summed E-state index contributed by atoms with van der Waals surface area (Å²) >= 11 is 0. The Bertz CT molecular complexity index is 818. The first-order chi connectivity index (χ1) is 10.8. The second-order valence-electron chi connectivity index (χ2n) is 5.44. The Labute approximate surface area is 126 Å². The maximum absolute atomic E-state index is 12.1. The quantitative estimate of drug-likeness (QED) is 0.772. The van der Waals surface area contributed by atoms with E-state index in [4.69, 9.17) is 4.52 Å². The molecule has 22 heavy (non-hydrogen) atoms. The van der Waals surface area contributed by atoms with Gasteiger partial charge in [-0.3, -0.25) is 4.79 Å². The van der Waals surface area contributed by atoms with Gasteiger partial charge < -0.3 is 14.2 Å². The third-order valence-electron chi connectivity index (χ3n) is 3.70. The van der Waals surface area contributed by atoms with Crippen LogP contribution in [-0.4, -0.2) is 32.0 Å². The molecule has 0 radical (unpaired) electrons. The third-order valence-corrected chi connectivity index (χ3v) is 3.70. The lowest BCUT2D eigenvalue weighted by Gasteiger charge is -2.04. The number of pyridine rings is 1. The summed E-state index contributed by atoms with van der Waals surface area (Å²) in [6, 6.07) is 3.57. The minimum atomic E-state index is -0.127. The molecule has 3 aromatic heterocycles. The van der Waals surface area contributed by atoms with Crippen LogP contribution in [0.3, 0.4) is 0 Å². The van der Waals surface area contributed by atoms with Crippen LogP contribution in [0.2, 0.25) is 0 Å². The SMILES string of the molecule is O=C(NCCc1nc(C2CC2)no1)c1ccc2nccn2c1. The molecule has 0 unspecified atom stereocenters. The molecule has 0 aromatic carbocycles. The van der Waals surface area contributed by atoms with Crippen molar-refractivity contribution in [2.24, 2.45) is 0 Å². The number of carbonyl (C=O) groups is 1. The fourth-order valence-corrected chi connectivity index (χ4v) is 2.32. The minimum absolute atomic E-state index is 0.127. The molecular weight excluding hydrogens is 282 g/mol. The molecule has 1 saturated carbocycles.